The number of phenolic OH excluding ortho intramolecular Hbond substituents is 1. The highest BCUT2D eigenvalue weighted by atomic mass is 16.3. The molecule has 0 bridgehead atoms. The molecular weight excluding hydrogens is 204 g/mol. The number of H-pyrrole nitrogens is 1. The van der Waals surface area contributed by atoms with Crippen molar-refractivity contribution in [2.75, 3.05) is 0 Å². The number of pyridine rings is 1. The van der Waals surface area contributed by atoms with Gasteiger partial charge >= 0.3 is 0 Å². The molecule has 0 atom stereocenters. The number of hydrogen-bond donors (Lipinski definition) is 2. The molecule has 3 rings (SSSR count). The normalized spacial score (nSPS) is 11.3. The van der Waals surface area contributed by atoms with E-state index in [1.165, 1.54) is 0 Å². The van der Waals surface area contributed by atoms with E-state index >= 15 is 0 Å². The van der Waals surface area contributed by atoms with E-state index in [0.29, 0.717) is 0 Å². The molecule has 0 amide bonds. The van der Waals surface area contributed by atoms with Gasteiger partial charge in [-0.05, 0) is 6.07 Å². The summed E-state index contributed by atoms with van der Waals surface area (Å²) in [5.41, 5.74) is 1.51. The second-order valence-electron chi connectivity index (χ2n) is 3.83. The van der Waals surface area contributed by atoms with Crippen LogP contribution in [-0.2, 0) is 7.05 Å². The van der Waals surface area contributed by atoms with Gasteiger partial charge in [-0.2, -0.15) is 0 Å². The molecule has 1 aromatic carbocycles. The highest BCUT2D eigenvalue weighted by Gasteiger charge is 2.10. The van der Waals surface area contributed by atoms with Crippen LogP contribution in [0.1, 0.15) is 0 Å². The molecule has 0 aliphatic carbocycles. The van der Waals surface area contributed by atoms with Gasteiger partial charge in [-0.15, -0.1) is 0 Å². The van der Waals surface area contributed by atoms with Crippen molar-refractivity contribution in [1.82, 2.24) is 9.55 Å². The zero-order valence-corrected chi connectivity index (χ0v) is 8.69. The highest BCUT2D eigenvalue weighted by Crippen LogP contribution is 2.31. The average molecular weight is 214 g/mol. The number of fused-ring (bicyclic) bond motifs is 3. The Morgan fingerprint density at radius 1 is 1.31 bits per heavy atom. The van der Waals surface area contributed by atoms with E-state index in [1.54, 1.807) is 24.4 Å². The Morgan fingerprint density at radius 3 is 2.94 bits per heavy atom. The number of phenols is 1. The van der Waals surface area contributed by atoms with Gasteiger partial charge in [-0.3, -0.25) is 4.79 Å². The molecule has 0 unspecified atom stereocenters. The maximum atomic E-state index is 11.3. The van der Waals surface area contributed by atoms with E-state index in [0.717, 1.165) is 21.8 Å². The summed E-state index contributed by atoms with van der Waals surface area (Å²) >= 11 is 0. The van der Waals surface area contributed by atoms with Crippen molar-refractivity contribution in [3.8, 4) is 5.75 Å². The summed E-state index contributed by atoms with van der Waals surface area (Å²) in [5.74, 6) is 0.226. The van der Waals surface area contributed by atoms with Crippen LogP contribution in [0.2, 0.25) is 0 Å². The third-order valence-corrected chi connectivity index (χ3v) is 2.90. The van der Waals surface area contributed by atoms with Gasteiger partial charge in [0.1, 0.15) is 5.75 Å². The van der Waals surface area contributed by atoms with Crippen LogP contribution in [0, 0.1) is 0 Å². The second kappa shape index (κ2) is 2.88. The summed E-state index contributed by atoms with van der Waals surface area (Å²) in [4.78, 5) is 13.9. The van der Waals surface area contributed by atoms with Crippen LogP contribution < -0.4 is 5.56 Å². The van der Waals surface area contributed by atoms with Gasteiger partial charge in [0, 0.05) is 30.1 Å². The predicted molar refractivity (Wildman–Crippen MR) is 62.7 cm³/mol. The number of aryl methyl sites for hydroxylation is 1. The van der Waals surface area contributed by atoms with Crippen LogP contribution in [0.4, 0.5) is 0 Å². The van der Waals surface area contributed by atoms with Crippen LogP contribution in [-0.4, -0.2) is 14.7 Å². The van der Waals surface area contributed by atoms with Crippen molar-refractivity contribution in [1.29, 1.82) is 0 Å². The summed E-state index contributed by atoms with van der Waals surface area (Å²) < 4.78 is 1.87. The quantitative estimate of drug-likeness (QED) is 0.598. The first-order chi connectivity index (χ1) is 7.68. The van der Waals surface area contributed by atoms with Crippen molar-refractivity contribution in [3.05, 3.63) is 40.8 Å². The molecule has 2 heterocycles. The predicted octanol–water partition coefficient (Wildman–Crippen LogP) is 1.73. The first-order valence-electron chi connectivity index (χ1n) is 4.97. The van der Waals surface area contributed by atoms with Crippen molar-refractivity contribution >= 4 is 21.8 Å². The summed E-state index contributed by atoms with van der Waals surface area (Å²) in [7, 11) is 1.86. The average Bonchev–Trinajstić information content (AvgIpc) is 2.54. The lowest BCUT2D eigenvalue weighted by molar-refractivity contribution is 0.479. The monoisotopic (exact) mass is 214 g/mol. The molecule has 3 aromatic rings. The minimum Gasteiger partial charge on any atom is -0.506 e. The SMILES string of the molecule is Cn1c2c[nH]c(=O)cc2c2cccc(O)c21. The van der Waals surface area contributed by atoms with Gasteiger partial charge in [0.25, 0.3) is 0 Å². The molecule has 2 N–H and O–H groups in total. The largest absolute Gasteiger partial charge is 0.506 e. The first kappa shape index (κ1) is 9.03. The number of aromatic hydroxyl groups is 1. The molecule has 0 saturated carbocycles. The summed E-state index contributed by atoms with van der Waals surface area (Å²) in [6, 6.07) is 6.87. The summed E-state index contributed by atoms with van der Waals surface area (Å²) in [5, 5.41) is 11.6. The van der Waals surface area contributed by atoms with Crippen LogP contribution in [0.5, 0.6) is 5.75 Å². The Kier molecular flexibility index (Phi) is 1.63. The van der Waals surface area contributed by atoms with Crippen LogP contribution >= 0.6 is 0 Å². The molecular formula is C12H10N2O2. The van der Waals surface area contributed by atoms with E-state index in [1.807, 2.05) is 17.7 Å². The van der Waals surface area contributed by atoms with Gasteiger partial charge in [-0.25, -0.2) is 0 Å². The number of rotatable bonds is 0. The third-order valence-electron chi connectivity index (χ3n) is 2.90. The molecule has 16 heavy (non-hydrogen) atoms. The number of aromatic nitrogens is 2. The van der Waals surface area contributed by atoms with Gasteiger partial charge in [0.05, 0.1) is 11.0 Å². The van der Waals surface area contributed by atoms with E-state index in [4.69, 9.17) is 0 Å². The Labute approximate surface area is 90.8 Å². The zero-order chi connectivity index (χ0) is 11.3. The van der Waals surface area contributed by atoms with E-state index in [2.05, 4.69) is 4.98 Å². The first-order valence-corrected chi connectivity index (χ1v) is 4.97. The molecule has 0 saturated heterocycles. The lowest BCUT2D eigenvalue weighted by Gasteiger charge is -1.99. The summed E-state index contributed by atoms with van der Waals surface area (Å²) in [6.45, 7) is 0. The Hall–Kier alpha value is -2.23. The second-order valence-corrected chi connectivity index (χ2v) is 3.83. The maximum Gasteiger partial charge on any atom is 0.248 e. The van der Waals surface area contributed by atoms with Crippen molar-refractivity contribution in [2.24, 2.45) is 7.05 Å². The fourth-order valence-corrected chi connectivity index (χ4v) is 2.18. The Bertz CT molecular complexity index is 753. The number of hydrogen-bond acceptors (Lipinski definition) is 2. The van der Waals surface area contributed by atoms with Crippen molar-refractivity contribution in [2.45, 2.75) is 0 Å². The molecule has 0 spiro atoms. The topological polar surface area (TPSA) is 58.0 Å². The van der Waals surface area contributed by atoms with Crippen LogP contribution in [0.15, 0.2) is 35.3 Å². The molecule has 80 valence electrons. The number of nitrogens with zero attached hydrogens (tertiary/aromatic N) is 1. The molecule has 0 aliphatic rings. The molecule has 2 aromatic heterocycles. The van der Waals surface area contributed by atoms with Gasteiger partial charge < -0.3 is 14.7 Å². The zero-order valence-electron chi connectivity index (χ0n) is 8.69. The van der Waals surface area contributed by atoms with E-state index in [-0.39, 0.29) is 11.3 Å². The number of nitrogens with one attached hydrogen (secondary N) is 1. The van der Waals surface area contributed by atoms with Crippen LogP contribution in [0.25, 0.3) is 21.8 Å². The highest BCUT2D eigenvalue weighted by molar-refractivity contribution is 6.09. The fraction of sp³-hybridized carbons (Fsp3) is 0.0833. The van der Waals surface area contributed by atoms with Crippen LogP contribution in [0.3, 0.4) is 0 Å². The third kappa shape index (κ3) is 1.01. The number of benzene rings is 1. The van der Waals surface area contributed by atoms with Crippen molar-refractivity contribution in [3.63, 3.8) is 0 Å². The van der Waals surface area contributed by atoms with E-state index in [9.17, 15) is 9.90 Å². The smallest absolute Gasteiger partial charge is 0.248 e. The molecule has 4 nitrogen and oxygen atoms in total. The molecule has 0 aliphatic heterocycles. The fourth-order valence-electron chi connectivity index (χ4n) is 2.18. The van der Waals surface area contributed by atoms with Crippen molar-refractivity contribution < 1.29 is 5.11 Å². The lowest BCUT2D eigenvalue weighted by Crippen LogP contribution is -2.01. The van der Waals surface area contributed by atoms with E-state index < -0.39 is 0 Å². The van der Waals surface area contributed by atoms with Gasteiger partial charge in [0.2, 0.25) is 5.56 Å². The number of aromatic amines is 1. The summed E-state index contributed by atoms with van der Waals surface area (Å²) in [6.07, 6.45) is 1.66. The molecule has 0 fully saturated rings. The number of para-hydroxylation sites is 1. The lowest BCUT2D eigenvalue weighted by atomic mass is 10.2. The Balaban J connectivity index is 2.70. The van der Waals surface area contributed by atoms with Gasteiger partial charge in [0.15, 0.2) is 0 Å². The molecule has 0 radical (unpaired) electrons. The maximum absolute atomic E-state index is 11.3. The Morgan fingerprint density at radius 2 is 2.12 bits per heavy atom. The molecule has 4 heteroatoms. The van der Waals surface area contributed by atoms with Gasteiger partial charge in [-0.1, -0.05) is 12.1 Å². The standard InChI is InChI=1S/C12H10N2O2/c1-14-9-6-13-11(16)5-8(9)7-3-2-4-10(15)12(7)14/h2-6,15H,1H3,(H,13,16). The minimum atomic E-state index is -0.136. The minimum absolute atomic E-state index is 0.136.